The van der Waals surface area contributed by atoms with Gasteiger partial charge in [-0.15, -0.1) is 0 Å². The molecule has 3 aliphatic rings. The van der Waals surface area contributed by atoms with Gasteiger partial charge in [-0.05, 0) is 69.7 Å². The van der Waals surface area contributed by atoms with Gasteiger partial charge < -0.3 is 18.9 Å². The Bertz CT molecular complexity index is 1290. The number of carbonyl (C=O) groups excluding carboxylic acids is 3. The van der Waals surface area contributed by atoms with Crippen molar-refractivity contribution >= 4 is 24.0 Å². The normalized spacial score (nSPS) is 34.1. The summed E-state index contributed by atoms with van der Waals surface area (Å²) < 4.78 is 25.5. The largest absolute Gasteiger partial charge is 0.462 e. The van der Waals surface area contributed by atoms with Gasteiger partial charge >= 0.3 is 17.9 Å². The molecule has 3 fully saturated rings. The average molecular weight is 547 g/mol. The Morgan fingerprint density at radius 1 is 0.875 bits per heavy atom. The van der Waals surface area contributed by atoms with E-state index >= 15 is 0 Å². The first-order valence-corrected chi connectivity index (χ1v) is 14.1. The van der Waals surface area contributed by atoms with Gasteiger partial charge in [0.25, 0.3) is 0 Å². The maximum atomic E-state index is 13.3. The van der Waals surface area contributed by atoms with Crippen molar-refractivity contribution in [2.75, 3.05) is 0 Å². The summed E-state index contributed by atoms with van der Waals surface area (Å²) in [5.74, 6) is -1.64. The second-order valence-corrected chi connectivity index (χ2v) is 12.1. The highest BCUT2D eigenvalue weighted by Crippen LogP contribution is 2.67. The lowest BCUT2D eigenvalue weighted by atomic mass is 9.49. The third-order valence-electron chi connectivity index (χ3n) is 9.38. The van der Waals surface area contributed by atoms with Crippen molar-refractivity contribution in [1.29, 1.82) is 0 Å². The number of hydrogen-bond donors (Lipinski definition) is 0. The molecule has 1 saturated heterocycles. The molecule has 2 aliphatic carbocycles. The van der Waals surface area contributed by atoms with Crippen molar-refractivity contribution in [2.24, 2.45) is 17.3 Å². The van der Waals surface area contributed by atoms with E-state index in [1.807, 2.05) is 57.2 Å². The molecule has 2 aromatic rings. The highest BCUT2D eigenvalue weighted by Gasteiger charge is 2.79. The molecule has 5 rings (SSSR count). The summed E-state index contributed by atoms with van der Waals surface area (Å²) in [6, 6.07) is 18.4. The Kier molecular flexibility index (Phi) is 7.38. The topological polar surface area (TPSA) is 88.1 Å². The summed E-state index contributed by atoms with van der Waals surface area (Å²) in [6.45, 7) is 9.43. The van der Waals surface area contributed by atoms with Gasteiger partial charge in [0.05, 0.1) is 16.6 Å². The molecule has 0 radical (unpaired) electrons. The SMILES string of the molecule is CC(=O)O[C@H]1CCC(C)C23OC(C)(C)C(C[C@H](OC(=O)c4ccccc4)[C@]12C)[C@@H]3OC(=O)/C=C/c1ccccc1. The minimum absolute atomic E-state index is 0.0669. The summed E-state index contributed by atoms with van der Waals surface area (Å²) in [6.07, 6.45) is 3.00. The molecule has 7 atom stereocenters. The van der Waals surface area contributed by atoms with Gasteiger partial charge in [0, 0.05) is 18.9 Å². The molecule has 1 heterocycles. The number of fused-ring (bicyclic) bond motifs is 1. The van der Waals surface area contributed by atoms with E-state index in [1.165, 1.54) is 13.0 Å². The Balaban J connectivity index is 1.55. The number of ether oxygens (including phenoxy) is 4. The molecule has 0 N–H and O–H groups in total. The van der Waals surface area contributed by atoms with E-state index in [2.05, 4.69) is 6.92 Å². The zero-order valence-electron chi connectivity index (χ0n) is 23.8. The molecule has 2 saturated carbocycles. The third kappa shape index (κ3) is 4.64. The Morgan fingerprint density at radius 2 is 1.52 bits per heavy atom. The smallest absolute Gasteiger partial charge is 0.338 e. The number of benzene rings is 2. The van der Waals surface area contributed by atoms with Crippen molar-refractivity contribution < 1.29 is 33.3 Å². The summed E-state index contributed by atoms with van der Waals surface area (Å²) in [5, 5.41) is 0. The predicted octanol–water partition coefficient (Wildman–Crippen LogP) is 5.77. The number of carbonyl (C=O) groups is 3. The fourth-order valence-electron chi connectivity index (χ4n) is 7.46. The van der Waals surface area contributed by atoms with Crippen LogP contribution in [0.4, 0.5) is 0 Å². The minimum Gasteiger partial charge on any atom is -0.462 e. The number of hydrogen-bond acceptors (Lipinski definition) is 7. The van der Waals surface area contributed by atoms with Gasteiger partial charge in [0.1, 0.15) is 23.9 Å². The Hall–Kier alpha value is -3.45. The van der Waals surface area contributed by atoms with Crippen LogP contribution in [0.3, 0.4) is 0 Å². The maximum Gasteiger partial charge on any atom is 0.338 e. The highest BCUT2D eigenvalue weighted by molar-refractivity contribution is 5.89. The van der Waals surface area contributed by atoms with Gasteiger partial charge in [0.15, 0.2) is 0 Å². The van der Waals surface area contributed by atoms with Gasteiger partial charge in [-0.2, -0.15) is 0 Å². The van der Waals surface area contributed by atoms with Crippen molar-refractivity contribution in [3.8, 4) is 0 Å². The summed E-state index contributed by atoms with van der Waals surface area (Å²) in [4.78, 5) is 38.9. The quantitative estimate of drug-likeness (QED) is 0.258. The molecule has 2 aromatic carbocycles. The molecule has 212 valence electrons. The first-order valence-electron chi connectivity index (χ1n) is 14.1. The first-order chi connectivity index (χ1) is 19.0. The van der Waals surface area contributed by atoms with Crippen molar-refractivity contribution in [1.82, 2.24) is 0 Å². The predicted molar refractivity (Wildman–Crippen MR) is 149 cm³/mol. The molecule has 1 aliphatic heterocycles. The van der Waals surface area contributed by atoms with Crippen molar-refractivity contribution in [3.05, 3.63) is 77.9 Å². The average Bonchev–Trinajstić information content (AvgIpc) is 3.10. The van der Waals surface area contributed by atoms with E-state index < -0.39 is 52.8 Å². The molecule has 40 heavy (non-hydrogen) atoms. The van der Waals surface area contributed by atoms with Gasteiger partial charge in [-0.1, -0.05) is 55.5 Å². The second-order valence-electron chi connectivity index (χ2n) is 12.1. The van der Waals surface area contributed by atoms with Crippen LogP contribution in [-0.4, -0.2) is 47.4 Å². The fraction of sp³-hybridized carbons (Fsp3) is 0.485. The van der Waals surface area contributed by atoms with E-state index in [-0.39, 0.29) is 11.8 Å². The Morgan fingerprint density at radius 3 is 2.17 bits per heavy atom. The summed E-state index contributed by atoms with van der Waals surface area (Å²) >= 11 is 0. The summed E-state index contributed by atoms with van der Waals surface area (Å²) in [5.41, 5.74) is -1.37. The summed E-state index contributed by atoms with van der Waals surface area (Å²) in [7, 11) is 0. The van der Waals surface area contributed by atoms with Crippen molar-refractivity contribution in [2.45, 2.75) is 83.4 Å². The van der Waals surface area contributed by atoms with Crippen LogP contribution >= 0.6 is 0 Å². The molecular weight excluding hydrogens is 508 g/mol. The Labute approximate surface area is 235 Å². The standard InChI is InChI=1S/C33H38O7/c1-21-16-18-26(37-22(2)34)32(5)27(38-30(36)24-14-10-7-11-15-24)20-25-29(33(21,32)40-31(25,3)4)39-28(35)19-17-23-12-8-6-9-13-23/h6-15,17,19,21,25-27,29H,16,18,20H2,1-5H3/b19-17+/t21?,25?,26-,27-,29-,32-,33?/m0/s1. The molecular formula is C33H38O7. The zero-order valence-corrected chi connectivity index (χ0v) is 23.8. The van der Waals surface area contributed by atoms with Crippen LogP contribution in [0.5, 0.6) is 0 Å². The van der Waals surface area contributed by atoms with Crippen LogP contribution < -0.4 is 0 Å². The molecule has 0 aromatic heterocycles. The van der Waals surface area contributed by atoms with Crippen molar-refractivity contribution in [3.63, 3.8) is 0 Å². The first kappa shape index (κ1) is 28.1. The van der Waals surface area contributed by atoms with Crippen LogP contribution in [0.25, 0.3) is 6.08 Å². The molecule has 7 heteroatoms. The van der Waals surface area contributed by atoms with E-state index in [9.17, 15) is 14.4 Å². The molecule has 1 spiro atoms. The second kappa shape index (κ2) is 10.5. The highest BCUT2D eigenvalue weighted by atomic mass is 16.6. The van der Waals surface area contributed by atoms with E-state index in [4.69, 9.17) is 18.9 Å². The van der Waals surface area contributed by atoms with E-state index in [0.29, 0.717) is 24.8 Å². The van der Waals surface area contributed by atoms with Crippen LogP contribution in [0.2, 0.25) is 0 Å². The molecule has 3 unspecified atom stereocenters. The minimum atomic E-state index is -1.05. The maximum absolute atomic E-state index is 13.3. The van der Waals surface area contributed by atoms with Crippen LogP contribution in [0, 0.1) is 17.3 Å². The van der Waals surface area contributed by atoms with E-state index in [0.717, 1.165) is 5.56 Å². The van der Waals surface area contributed by atoms with Gasteiger partial charge in [-0.3, -0.25) is 4.79 Å². The van der Waals surface area contributed by atoms with Crippen LogP contribution in [0.1, 0.15) is 69.8 Å². The lowest BCUT2D eigenvalue weighted by Crippen LogP contribution is -2.73. The van der Waals surface area contributed by atoms with Crippen LogP contribution in [-0.2, 0) is 28.5 Å². The molecule has 0 amide bonds. The van der Waals surface area contributed by atoms with Gasteiger partial charge in [-0.25, -0.2) is 9.59 Å². The lowest BCUT2D eigenvalue weighted by molar-refractivity contribution is -0.285. The fourth-order valence-corrected chi connectivity index (χ4v) is 7.46. The lowest BCUT2D eigenvalue weighted by Gasteiger charge is -2.61. The van der Waals surface area contributed by atoms with Crippen LogP contribution in [0.15, 0.2) is 66.7 Å². The monoisotopic (exact) mass is 546 g/mol. The van der Waals surface area contributed by atoms with Gasteiger partial charge in [0.2, 0.25) is 0 Å². The third-order valence-corrected chi connectivity index (χ3v) is 9.38. The number of rotatable bonds is 6. The number of esters is 3. The molecule has 7 nitrogen and oxygen atoms in total. The zero-order chi connectivity index (χ0) is 28.7. The van der Waals surface area contributed by atoms with E-state index in [1.54, 1.807) is 30.3 Å². The molecule has 2 bridgehead atoms.